The van der Waals surface area contributed by atoms with Gasteiger partial charge in [-0.25, -0.2) is 0 Å². The molecule has 0 spiro atoms. The van der Waals surface area contributed by atoms with Crippen LogP contribution in [0, 0.1) is 18.3 Å². The number of nitrogens with zero attached hydrogens (tertiary/aromatic N) is 1. The van der Waals surface area contributed by atoms with E-state index in [1.165, 1.54) is 18.2 Å². The molecule has 1 aliphatic heterocycles. The van der Waals surface area contributed by atoms with Crippen molar-refractivity contribution < 1.29 is 21.8 Å². The van der Waals surface area contributed by atoms with Gasteiger partial charge in [0.15, 0.2) is 5.43 Å². The van der Waals surface area contributed by atoms with Gasteiger partial charge in [0.2, 0.25) is 0 Å². The van der Waals surface area contributed by atoms with Gasteiger partial charge in [-0.1, -0.05) is 38.0 Å². The molecule has 0 amide bonds. The van der Waals surface area contributed by atoms with Crippen LogP contribution in [-0.4, -0.2) is 37.8 Å². The molecule has 0 atom stereocenters. The SMILES string of the molecule is C#Cc1ccc2c(c1)[nH]c1c2c(=O)c2cc(OCC(C)C)c(-c3cccc(S(=O)(=O)F)c3)cc2n1C1CCOCC1. The van der Waals surface area contributed by atoms with Crippen LogP contribution in [0.5, 0.6) is 5.75 Å². The van der Waals surface area contributed by atoms with Gasteiger partial charge in [-0.15, -0.1) is 10.3 Å². The molecule has 9 heteroatoms. The number of halogens is 1. The molecule has 1 aliphatic rings. The summed E-state index contributed by atoms with van der Waals surface area (Å²) in [7, 11) is -4.92. The smallest absolute Gasteiger partial charge is 0.332 e. The molecule has 7 nitrogen and oxygen atoms in total. The number of pyridine rings is 1. The molecule has 0 aliphatic carbocycles. The molecule has 210 valence electrons. The molecular weight excluding hydrogens is 543 g/mol. The predicted molar refractivity (Wildman–Crippen MR) is 159 cm³/mol. The molecule has 6 rings (SSSR count). The fourth-order valence-electron chi connectivity index (χ4n) is 5.63. The van der Waals surface area contributed by atoms with Crippen molar-refractivity contribution in [3.8, 4) is 29.2 Å². The number of hydrogen-bond acceptors (Lipinski definition) is 5. The van der Waals surface area contributed by atoms with Crippen LogP contribution >= 0.6 is 0 Å². The van der Waals surface area contributed by atoms with E-state index in [2.05, 4.69) is 15.5 Å². The first-order valence-corrected chi connectivity index (χ1v) is 14.9. The number of ether oxygens (including phenoxy) is 2. The molecule has 41 heavy (non-hydrogen) atoms. The third kappa shape index (κ3) is 4.88. The van der Waals surface area contributed by atoms with Crippen molar-refractivity contribution in [2.75, 3.05) is 19.8 Å². The summed E-state index contributed by atoms with van der Waals surface area (Å²) in [5, 5.41) is 1.82. The molecule has 0 unspecified atom stereocenters. The average Bonchev–Trinajstić information content (AvgIpc) is 3.34. The molecule has 2 aromatic heterocycles. The van der Waals surface area contributed by atoms with Crippen molar-refractivity contribution in [3.05, 3.63) is 70.4 Å². The Kier molecular flexibility index (Phi) is 6.84. The van der Waals surface area contributed by atoms with Gasteiger partial charge in [-0.2, -0.15) is 8.42 Å². The Labute approximate surface area is 237 Å². The van der Waals surface area contributed by atoms with Crippen molar-refractivity contribution in [2.45, 2.75) is 37.6 Å². The summed E-state index contributed by atoms with van der Waals surface area (Å²) < 4.78 is 51.5. The minimum Gasteiger partial charge on any atom is -0.493 e. The van der Waals surface area contributed by atoms with Gasteiger partial charge in [0.05, 0.1) is 27.8 Å². The molecule has 1 fully saturated rings. The van der Waals surface area contributed by atoms with Crippen molar-refractivity contribution in [1.29, 1.82) is 0 Å². The summed E-state index contributed by atoms with van der Waals surface area (Å²) in [6.07, 6.45) is 7.14. The lowest BCUT2D eigenvalue weighted by atomic mass is 9.99. The number of benzene rings is 3. The second kappa shape index (κ2) is 10.4. The zero-order valence-electron chi connectivity index (χ0n) is 22.7. The van der Waals surface area contributed by atoms with E-state index < -0.39 is 15.1 Å². The van der Waals surface area contributed by atoms with Crippen LogP contribution in [0.15, 0.2) is 64.3 Å². The number of fused-ring (bicyclic) bond motifs is 4. The summed E-state index contributed by atoms with van der Waals surface area (Å²) in [4.78, 5) is 17.2. The largest absolute Gasteiger partial charge is 0.493 e. The topological polar surface area (TPSA) is 90.4 Å². The van der Waals surface area contributed by atoms with Gasteiger partial charge < -0.3 is 19.0 Å². The van der Waals surface area contributed by atoms with Crippen LogP contribution in [0.4, 0.5) is 3.89 Å². The normalized spacial score (nSPS) is 14.7. The lowest BCUT2D eigenvalue weighted by Gasteiger charge is -2.28. The lowest BCUT2D eigenvalue weighted by Crippen LogP contribution is -2.22. The maximum absolute atomic E-state index is 14.2. The zero-order chi connectivity index (χ0) is 28.9. The molecule has 0 radical (unpaired) electrons. The highest BCUT2D eigenvalue weighted by Crippen LogP contribution is 2.39. The van der Waals surface area contributed by atoms with Crippen molar-refractivity contribution in [3.63, 3.8) is 0 Å². The minimum absolute atomic E-state index is 0.0300. The van der Waals surface area contributed by atoms with E-state index >= 15 is 0 Å². The van der Waals surface area contributed by atoms with Crippen LogP contribution in [0.25, 0.3) is 44.0 Å². The zero-order valence-corrected chi connectivity index (χ0v) is 23.6. The van der Waals surface area contributed by atoms with Crippen LogP contribution in [0.3, 0.4) is 0 Å². The third-order valence-corrected chi connectivity index (χ3v) is 8.39. The van der Waals surface area contributed by atoms with E-state index in [1.54, 1.807) is 12.1 Å². The first-order valence-electron chi connectivity index (χ1n) is 13.6. The molecule has 1 saturated heterocycles. The maximum atomic E-state index is 14.2. The number of aromatic nitrogens is 2. The second-order valence-corrected chi connectivity index (χ2v) is 12.2. The fraction of sp³-hybridized carbons (Fsp3) is 0.281. The first kappa shape index (κ1) is 27.1. The van der Waals surface area contributed by atoms with E-state index in [0.29, 0.717) is 64.2 Å². The Balaban J connectivity index is 1.73. The first-order chi connectivity index (χ1) is 19.7. The van der Waals surface area contributed by atoms with Crippen molar-refractivity contribution >= 4 is 43.1 Å². The van der Waals surface area contributed by atoms with E-state index in [4.69, 9.17) is 15.9 Å². The standard InChI is InChI=1S/C32H29FN2O5S/c1-4-20-8-9-24-27(14-20)34-32-30(24)31(36)26-17-29(40-18-19(2)3)25(21-6-5-7-23(15-21)41(33,37)38)16-28(26)35(32)22-10-12-39-13-11-22/h1,5-9,14-17,19,22,34H,10-13,18H2,2-3H3. The monoisotopic (exact) mass is 572 g/mol. The fourth-order valence-corrected chi connectivity index (χ4v) is 6.14. The molecule has 3 aromatic carbocycles. The van der Waals surface area contributed by atoms with Gasteiger partial charge in [0, 0.05) is 41.3 Å². The third-order valence-electron chi connectivity index (χ3n) is 7.57. The number of nitrogens with one attached hydrogen (secondary N) is 1. The molecule has 5 aromatic rings. The van der Waals surface area contributed by atoms with Gasteiger partial charge >= 0.3 is 10.2 Å². The number of rotatable bonds is 6. The van der Waals surface area contributed by atoms with E-state index in [-0.39, 0.29) is 17.4 Å². The number of hydrogen-bond donors (Lipinski definition) is 1. The molecule has 0 saturated carbocycles. The van der Waals surface area contributed by atoms with E-state index in [0.717, 1.165) is 23.7 Å². The summed E-state index contributed by atoms with van der Waals surface area (Å²) in [6.45, 7) is 5.56. The van der Waals surface area contributed by atoms with Crippen molar-refractivity contribution in [2.24, 2.45) is 5.92 Å². The Morgan fingerprint density at radius 1 is 1.12 bits per heavy atom. The highest BCUT2D eigenvalue weighted by Gasteiger charge is 2.25. The number of aromatic amines is 1. The van der Waals surface area contributed by atoms with Gasteiger partial charge in [-0.3, -0.25) is 4.79 Å². The van der Waals surface area contributed by atoms with Gasteiger partial charge in [0.25, 0.3) is 0 Å². The summed E-state index contributed by atoms with van der Waals surface area (Å²) >= 11 is 0. The summed E-state index contributed by atoms with van der Waals surface area (Å²) in [5.74, 6) is 3.26. The van der Waals surface area contributed by atoms with Crippen LogP contribution in [-0.2, 0) is 15.0 Å². The minimum atomic E-state index is -4.92. The summed E-state index contributed by atoms with van der Waals surface area (Å²) in [6, 6.07) is 14.9. The Morgan fingerprint density at radius 2 is 1.90 bits per heavy atom. The van der Waals surface area contributed by atoms with E-state index in [9.17, 15) is 17.1 Å². The summed E-state index contributed by atoms with van der Waals surface area (Å²) in [5.41, 5.74) is 3.69. The van der Waals surface area contributed by atoms with Crippen molar-refractivity contribution in [1.82, 2.24) is 9.55 Å². The highest BCUT2D eigenvalue weighted by molar-refractivity contribution is 7.86. The average molecular weight is 573 g/mol. The number of H-pyrrole nitrogens is 1. The van der Waals surface area contributed by atoms with Crippen LogP contribution in [0.2, 0.25) is 0 Å². The predicted octanol–water partition coefficient (Wildman–Crippen LogP) is 6.33. The quantitative estimate of drug-likeness (QED) is 0.190. The van der Waals surface area contributed by atoms with Gasteiger partial charge in [-0.05, 0) is 60.7 Å². The molecule has 1 N–H and O–H groups in total. The lowest BCUT2D eigenvalue weighted by molar-refractivity contribution is 0.0715. The molecular formula is C32H29FN2O5S. The van der Waals surface area contributed by atoms with Gasteiger partial charge in [0.1, 0.15) is 11.4 Å². The Morgan fingerprint density at radius 3 is 2.61 bits per heavy atom. The van der Waals surface area contributed by atoms with Crippen LogP contribution < -0.4 is 10.2 Å². The highest BCUT2D eigenvalue weighted by atomic mass is 32.3. The van der Waals surface area contributed by atoms with Crippen LogP contribution in [0.1, 0.15) is 38.3 Å². The Bertz CT molecular complexity index is 2030. The molecule has 0 bridgehead atoms. The number of terminal acetylenes is 1. The second-order valence-electron chi connectivity index (χ2n) is 10.8. The maximum Gasteiger partial charge on any atom is 0.332 e. The Hall–Kier alpha value is -4.13. The van der Waals surface area contributed by atoms with E-state index in [1.807, 2.05) is 38.1 Å². The molecule has 3 heterocycles.